The SMILES string of the molecule is CN(C)CCO.C[N+](C)(CCO)CC[18F].Cc1ccc(S(=O)(=O)OCCOS(=O)(=O)c2ccc(C)cc2)cc1.Cc1ccc(S(=O)(=O)OCC[18F])cc1. The molecule has 302 valence electrons. The first kappa shape index (κ1) is 50.1. The van der Waals surface area contributed by atoms with Crippen molar-refractivity contribution in [2.45, 2.75) is 35.5 Å². The molecule has 0 radical (unpaired) electrons. The van der Waals surface area contributed by atoms with E-state index in [0.717, 1.165) is 23.2 Å². The molecule has 3 aromatic rings. The van der Waals surface area contributed by atoms with Gasteiger partial charge >= 0.3 is 0 Å². The molecule has 0 aliphatic heterocycles. The van der Waals surface area contributed by atoms with Gasteiger partial charge in [-0.15, -0.1) is 0 Å². The molecule has 0 aliphatic carbocycles. The molecule has 2 N–H and O–H groups in total. The molecule has 0 heterocycles. The van der Waals surface area contributed by atoms with Gasteiger partial charge in [0.15, 0.2) is 0 Å². The van der Waals surface area contributed by atoms with Crippen molar-refractivity contribution in [3.05, 3.63) is 89.5 Å². The number of likely N-dealkylation sites (N-methyl/N-ethyl adjacent to an activating group) is 2. The zero-order valence-corrected chi connectivity index (χ0v) is 33.9. The van der Waals surface area contributed by atoms with E-state index in [2.05, 4.69) is 4.18 Å². The lowest BCUT2D eigenvalue weighted by Crippen LogP contribution is -2.43. The Morgan fingerprint density at radius 2 is 0.868 bits per heavy atom. The van der Waals surface area contributed by atoms with Crippen LogP contribution in [-0.2, 0) is 42.9 Å². The molecule has 13 nitrogen and oxygen atoms in total. The molecule has 18 heteroatoms. The second kappa shape index (κ2) is 25.2. The minimum Gasteiger partial charge on any atom is -0.395 e. The molecule has 53 heavy (non-hydrogen) atoms. The zero-order chi connectivity index (χ0) is 40.7. The number of aliphatic hydroxyl groups is 2. The summed E-state index contributed by atoms with van der Waals surface area (Å²) in [6.07, 6.45) is 0. The summed E-state index contributed by atoms with van der Waals surface area (Å²) in [5.74, 6) is 0. The van der Waals surface area contributed by atoms with E-state index in [4.69, 9.17) is 18.6 Å². The third-order valence-electron chi connectivity index (χ3n) is 6.75. The van der Waals surface area contributed by atoms with Crippen LogP contribution >= 0.6 is 0 Å². The van der Waals surface area contributed by atoms with Crippen LogP contribution in [0.25, 0.3) is 0 Å². The van der Waals surface area contributed by atoms with E-state index < -0.39 is 56.8 Å². The number of halogens is 2. The van der Waals surface area contributed by atoms with Crippen LogP contribution in [0.1, 0.15) is 16.7 Å². The number of rotatable bonds is 17. The predicted octanol–water partition coefficient (Wildman–Crippen LogP) is 3.65. The van der Waals surface area contributed by atoms with E-state index in [1.807, 2.05) is 53.9 Å². The van der Waals surface area contributed by atoms with Crippen LogP contribution in [0.5, 0.6) is 0 Å². The van der Waals surface area contributed by atoms with Crippen LogP contribution in [0.15, 0.2) is 87.5 Å². The van der Waals surface area contributed by atoms with E-state index >= 15 is 0 Å². The number of aryl methyl sites for hydroxylation is 3. The molecule has 0 spiro atoms. The molecule has 0 atom stereocenters. The van der Waals surface area contributed by atoms with Crippen molar-refractivity contribution in [3.8, 4) is 0 Å². The Balaban J connectivity index is 0.000000785. The maximum Gasteiger partial charge on any atom is 0.297 e. The molecule has 3 rings (SSSR count). The molecule has 0 amide bonds. The van der Waals surface area contributed by atoms with Crippen molar-refractivity contribution in [2.24, 2.45) is 0 Å². The Bertz CT molecular complexity index is 1670. The monoisotopic (exact) mass is 811 g/mol. The zero-order valence-electron chi connectivity index (χ0n) is 31.4. The molecule has 0 unspecified atom stereocenters. The van der Waals surface area contributed by atoms with Crippen molar-refractivity contribution >= 4 is 30.4 Å². The van der Waals surface area contributed by atoms with Crippen molar-refractivity contribution in [3.63, 3.8) is 0 Å². The van der Waals surface area contributed by atoms with Crippen LogP contribution < -0.4 is 0 Å². The Labute approximate surface area is 314 Å². The van der Waals surface area contributed by atoms with Gasteiger partial charge in [-0.05, 0) is 71.3 Å². The highest BCUT2D eigenvalue weighted by atomic mass is 32.2. The highest BCUT2D eigenvalue weighted by molar-refractivity contribution is 7.87. The van der Waals surface area contributed by atoms with Gasteiger partial charge in [-0.2, -0.15) is 25.3 Å². The molecular weight excluding hydrogens is 757 g/mol. The molecular formula is C35H55F2N2O11S3+. The average Bonchev–Trinajstić information content (AvgIpc) is 3.07. The highest BCUT2D eigenvalue weighted by Gasteiger charge is 2.18. The van der Waals surface area contributed by atoms with Crippen LogP contribution in [0.4, 0.5) is 8.78 Å². The molecule has 0 fully saturated rings. The number of hydrogen-bond acceptors (Lipinski definition) is 12. The normalized spacial score (nSPS) is 11.8. The van der Waals surface area contributed by atoms with Crippen molar-refractivity contribution in [1.29, 1.82) is 0 Å². The largest absolute Gasteiger partial charge is 0.395 e. The van der Waals surface area contributed by atoms with Crippen LogP contribution in [0.2, 0.25) is 0 Å². The summed E-state index contributed by atoms with van der Waals surface area (Å²) in [6.45, 7) is 5.42. The van der Waals surface area contributed by atoms with Gasteiger partial charge < -0.3 is 19.6 Å². The summed E-state index contributed by atoms with van der Waals surface area (Å²) in [5.41, 5.74) is 2.79. The average molecular weight is 812 g/mol. The summed E-state index contributed by atoms with van der Waals surface area (Å²) in [4.78, 5) is 2.00. The number of nitrogens with zero attached hydrogens (tertiary/aromatic N) is 2. The number of alkyl halides is 2. The first-order valence-electron chi connectivity index (χ1n) is 16.3. The third-order valence-corrected chi connectivity index (χ3v) is 10.7. The number of hydrogen-bond donors (Lipinski definition) is 2. The van der Waals surface area contributed by atoms with Crippen LogP contribution in [0.3, 0.4) is 0 Å². The quantitative estimate of drug-likeness (QED) is 0.115. The van der Waals surface area contributed by atoms with Crippen molar-refractivity contribution in [1.82, 2.24) is 4.90 Å². The summed E-state index contributed by atoms with van der Waals surface area (Å²) in [5, 5.41) is 16.7. The van der Waals surface area contributed by atoms with E-state index in [9.17, 15) is 34.0 Å². The third kappa shape index (κ3) is 22.2. The van der Waals surface area contributed by atoms with E-state index in [-0.39, 0.29) is 34.6 Å². The molecule has 3 aromatic carbocycles. The molecule has 0 aromatic heterocycles. The maximum absolute atomic E-state index is 11.9. The summed E-state index contributed by atoms with van der Waals surface area (Å²) >= 11 is 0. The van der Waals surface area contributed by atoms with Gasteiger partial charge in [-0.1, -0.05) is 53.1 Å². The summed E-state index contributed by atoms with van der Waals surface area (Å²) in [6, 6.07) is 18.5. The molecule has 0 saturated heterocycles. The lowest BCUT2D eigenvalue weighted by Gasteiger charge is -2.27. The fourth-order valence-corrected chi connectivity index (χ4v) is 6.23. The Hall–Kier alpha value is -2.91. The maximum atomic E-state index is 11.9. The van der Waals surface area contributed by atoms with Crippen molar-refractivity contribution in [2.75, 3.05) is 94.2 Å². The second-order valence-electron chi connectivity index (χ2n) is 12.3. The molecule has 0 saturated carbocycles. The minimum absolute atomic E-state index is 0.00879. The Morgan fingerprint density at radius 1 is 0.547 bits per heavy atom. The summed E-state index contributed by atoms with van der Waals surface area (Å²) in [7, 11) is -4.01. The topological polar surface area (TPSA) is 174 Å². The number of aliphatic hydroxyl groups excluding tert-OH is 2. The van der Waals surface area contributed by atoms with E-state index in [0.29, 0.717) is 17.6 Å². The van der Waals surface area contributed by atoms with Gasteiger partial charge in [0.1, 0.15) is 26.4 Å². The number of quaternary nitrogens is 1. The standard InChI is InChI=1S/C16H18O6S2.C9H11FO3S.C6H15FNO.C4H11NO/c1-13-3-7-15(8-4-13)23(17,18)21-11-12-22-24(19,20)16-9-5-14(2)6-10-16;1-8-2-4-9(5-3-8)14(11,12)13-7-6-10;1-8(2,4-3-7)5-6-9;1-5(2)3-4-6/h3-10H,11-12H2,1-2H3;2-5H,6-7H2,1H3;9H,3-6H2,1-2H3;6H,3-4H2,1-2H3/q;;+1;/i;10-1;7-1;. The predicted molar refractivity (Wildman–Crippen MR) is 199 cm³/mol. The van der Waals surface area contributed by atoms with Gasteiger partial charge in [-0.25, -0.2) is 8.78 Å². The first-order chi connectivity index (χ1) is 24.7. The Morgan fingerprint density at radius 3 is 1.09 bits per heavy atom. The van der Waals surface area contributed by atoms with Crippen LogP contribution in [-0.4, -0.2) is 139 Å². The van der Waals surface area contributed by atoms with Crippen molar-refractivity contribution < 1.29 is 61.3 Å². The molecule has 0 aliphatic rings. The smallest absolute Gasteiger partial charge is 0.297 e. The van der Waals surface area contributed by atoms with Gasteiger partial charge in [-0.3, -0.25) is 12.5 Å². The first-order valence-corrected chi connectivity index (χ1v) is 20.6. The lowest BCUT2D eigenvalue weighted by molar-refractivity contribution is -0.890. The van der Waals surface area contributed by atoms with Gasteiger partial charge in [0.25, 0.3) is 30.4 Å². The van der Waals surface area contributed by atoms with E-state index in [1.165, 1.54) is 36.4 Å². The highest BCUT2D eigenvalue weighted by Crippen LogP contribution is 2.16. The Kier molecular flexibility index (Phi) is 23.8. The number of benzene rings is 3. The lowest BCUT2D eigenvalue weighted by atomic mass is 10.2. The fourth-order valence-electron chi connectivity index (χ4n) is 3.56. The van der Waals surface area contributed by atoms with Gasteiger partial charge in [0, 0.05) is 6.54 Å². The van der Waals surface area contributed by atoms with Crippen LogP contribution in [0, 0.1) is 20.8 Å². The van der Waals surface area contributed by atoms with E-state index in [1.54, 1.807) is 36.4 Å². The fraction of sp³-hybridized carbons (Fsp3) is 0.486. The summed E-state index contributed by atoms with van der Waals surface area (Å²) < 4.78 is 108. The molecule has 0 bridgehead atoms. The minimum atomic E-state index is -3.94. The van der Waals surface area contributed by atoms with Gasteiger partial charge in [0.05, 0.1) is 61.8 Å². The second-order valence-corrected chi connectivity index (χ2v) is 17.1. The van der Waals surface area contributed by atoms with Gasteiger partial charge in [0.2, 0.25) is 0 Å².